The fraction of sp³-hybridized carbons (Fsp3) is 0.810. The third-order valence-corrected chi connectivity index (χ3v) is 7.55. The van der Waals surface area contributed by atoms with Crippen molar-refractivity contribution in [3.8, 4) is 0 Å². The van der Waals surface area contributed by atoms with E-state index in [2.05, 4.69) is 15.3 Å². The van der Waals surface area contributed by atoms with Crippen molar-refractivity contribution in [1.82, 2.24) is 20.0 Å². The average Bonchev–Trinajstić information content (AvgIpc) is 3.46. The topological polar surface area (TPSA) is 59.4 Å². The monoisotopic (exact) mass is 372 g/mol. The molecule has 0 unspecified atom stereocenters. The molecule has 4 aliphatic rings. The molecule has 1 spiro atoms. The van der Waals surface area contributed by atoms with Gasteiger partial charge in [0.15, 0.2) is 0 Å². The summed E-state index contributed by atoms with van der Waals surface area (Å²) >= 11 is 0. The van der Waals surface area contributed by atoms with Gasteiger partial charge < -0.3 is 10.1 Å². The Hall–Kier alpha value is -1.40. The molecule has 4 atom stereocenters. The molecule has 1 aliphatic carbocycles. The van der Waals surface area contributed by atoms with Crippen LogP contribution in [-0.4, -0.2) is 58.5 Å². The standard InChI is InChI=1S/C21H32N4O2/c26-20(16-5-2-1-3-6-16)22-13-17-18-14-24(11-12-25-10-4-9-23-25)15-21(18)8-7-19(17)27-21/h4,9-10,16-19H,1-3,5-8,11-15H2,(H,22,26)/t17-,18+,19+,21+/m0/s1. The average molecular weight is 373 g/mol. The summed E-state index contributed by atoms with van der Waals surface area (Å²) in [6.07, 6.45) is 12.4. The molecule has 6 heteroatoms. The van der Waals surface area contributed by atoms with Crippen LogP contribution < -0.4 is 5.32 Å². The van der Waals surface area contributed by atoms with Crippen molar-refractivity contribution in [2.24, 2.45) is 17.8 Å². The number of hydrogen-bond donors (Lipinski definition) is 1. The predicted molar refractivity (Wildman–Crippen MR) is 102 cm³/mol. The molecule has 4 heterocycles. The number of nitrogens with zero attached hydrogens (tertiary/aromatic N) is 3. The fourth-order valence-electron chi connectivity index (χ4n) is 6.13. The van der Waals surface area contributed by atoms with Crippen LogP contribution in [0.3, 0.4) is 0 Å². The Labute approximate surface area is 161 Å². The van der Waals surface area contributed by atoms with E-state index in [0.29, 0.717) is 23.8 Å². The molecule has 1 aromatic heterocycles. The fourth-order valence-corrected chi connectivity index (χ4v) is 6.13. The quantitative estimate of drug-likeness (QED) is 0.830. The normalized spacial score (nSPS) is 36.2. The number of amides is 1. The Morgan fingerprint density at radius 3 is 2.93 bits per heavy atom. The first-order chi connectivity index (χ1) is 13.2. The number of rotatable bonds is 6. The maximum absolute atomic E-state index is 12.6. The molecule has 27 heavy (non-hydrogen) atoms. The van der Waals surface area contributed by atoms with Gasteiger partial charge >= 0.3 is 0 Å². The lowest BCUT2D eigenvalue weighted by molar-refractivity contribution is -0.126. The second-order valence-corrected chi connectivity index (χ2v) is 9.11. The number of fused-ring (bicyclic) bond motifs is 1. The molecule has 2 bridgehead atoms. The Morgan fingerprint density at radius 2 is 2.11 bits per heavy atom. The number of carbonyl (C=O) groups is 1. The summed E-state index contributed by atoms with van der Waals surface area (Å²) in [6.45, 7) is 4.90. The summed E-state index contributed by atoms with van der Waals surface area (Å²) in [5.74, 6) is 1.60. The zero-order valence-corrected chi connectivity index (χ0v) is 16.2. The van der Waals surface area contributed by atoms with E-state index in [4.69, 9.17) is 4.74 Å². The van der Waals surface area contributed by atoms with Crippen molar-refractivity contribution in [3.63, 3.8) is 0 Å². The van der Waals surface area contributed by atoms with Crippen LogP contribution in [0.2, 0.25) is 0 Å². The summed E-state index contributed by atoms with van der Waals surface area (Å²) < 4.78 is 8.53. The number of ether oxygens (including phenoxy) is 1. The van der Waals surface area contributed by atoms with E-state index in [9.17, 15) is 4.79 Å². The molecule has 148 valence electrons. The van der Waals surface area contributed by atoms with E-state index in [1.54, 1.807) is 0 Å². The van der Waals surface area contributed by atoms with Gasteiger partial charge in [-0.25, -0.2) is 0 Å². The minimum Gasteiger partial charge on any atom is -0.370 e. The van der Waals surface area contributed by atoms with Gasteiger partial charge in [-0.1, -0.05) is 19.3 Å². The number of nitrogens with one attached hydrogen (secondary N) is 1. The van der Waals surface area contributed by atoms with Gasteiger partial charge in [-0.05, 0) is 31.7 Å². The van der Waals surface area contributed by atoms with E-state index in [1.165, 1.54) is 25.7 Å². The highest BCUT2D eigenvalue weighted by atomic mass is 16.5. The summed E-state index contributed by atoms with van der Waals surface area (Å²) in [5, 5.41) is 7.62. The molecule has 6 nitrogen and oxygen atoms in total. The first kappa shape index (κ1) is 17.7. The second kappa shape index (κ2) is 7.21. The van der Waals surface area contributed by atoms with Crippen LogP contribution in [0.1, 0.15) is 44.9 Å². The smallest absolute Gasteiger partial charge is 0.223 e. The Kier molecular flexibility index (Phi) is 4.72. The molecule has 4 fully saturated rings. The Balaban J connectivity index is 1.17. The van der Waals surface area contributed by atoms with Crippen LogP contribution in [0, 0.1) is 17.8 Å². The molecule has 0 aromatic carbocycles. The highest BCUT2D eigenvalue weighted by Gasteiger charge is 2.62. The summed E-state index contributed by atoms with van der Waals surface area (Å²) in [7, 11) is 0. The zero-order chi connectivity index (χ0) is 18.3. The molecular formula is C21H32N4O2. The molecule has 1 saturated carbocycles. The van der Waals surface area contributed by atoms with Gasteiger partial charge in [-0.2, -0.15) is 5.10 Å². The van der Waals surface area contributed by atoms with E-state index in [1.807, 2.05) is 23.1 Å². The van der Waals surface area contributed by atoms with Gasteiger partial charge in [-0.3, -0.25) is 14.4 Å². The first-order valence-electron chi connectivity index (χ1n) is 10.9. The third-order valence-electron chi connectivity index (χ3n) is 7.55. The molecule has 1 N–H and O–H groups in total. The molecule has 1 amide bonds. The summed E-state index contributed by atoms with van der Waals surface area (Å²) in [5.41, 5.74) is 0.0506. The van der Waals surface area contributed by atoms with Crippen molar-refractivity contribution in [3.05, 3.63) is 18.5 Å². The minimum absolute atomic E-state index is 0.0506. The van der Waals surface area contributed by atoms with Crippen LogP contribution >= 0.6 is 0 Å². The molecule has 1 aromatic rings. The van der Waals surface area contributed by atoms with Gasteiger partial charge in [-0.15, -0.1) is 0 Å². The molecule has 0 radical (unpaired) electrons. The summed E-state index contributed by atoms with van der Waals surface area (Å²) in [4.78, 5) is 15.1. The van der Waals surface area contributed by atoms with Crippen molar-refractivity contribution >= 4 is 5.91 Å². The lowest BCUT2D eigenvalue weighted by Gasteiger charge is -2.30. The van der Waals surface area contributed by atoms with Crippen molar-refractivity contribution in [1.29, 1.82) is 0 Å². The van der Waals surface area contributed by atoms with Crippen molar-refractivity contribution in [2.75, 3.05) is 26.2 Å². The third kappa shape index (κ3) is 3.31. The van der Waals surface area contributed by atoms with Gasteiger partial charge in [0.05, 0.1) is 18.2 Å². The number of hydrogen-bond acceptors (Lipinski definition) is 4. The molecule has 5 rings (SSSR count). The van der Waals surface area contributed by atoms with Crippen LogP contribution in [0.5, 0.6) is 0 Å². The maximum atomic E-state index is 12.6. The van der Waals surface area contributed by atoms with E-state index in [-0.39, 0.29) is 11.5 Å². The van der Waals surface area contributed by atoms with Crippen LogP contribution in [0.15, 0.2) is 18.5 Å². The summed E-state index contributed by atoms with van der Waals surface area (Å²) in [6, 6.07) is 1.98. The minimum atomic E-state index is 0.0506. The lowest BCUT2D eigenvalue weighted by atomic mass is 9.73. The Bertz CT molecular complexity index is 657. The van der Waals surface area contributed by atoms with Gasteiger partial charge in [0.1, 0.15) is 0 Å². The largest absolute Gasteiger partial charge is 0.370 e. The molecular weight excluding hydrogens is 340 g/mol. The second-order valence-electron chi connectivity index (χ2n) is 9.11. The molecule has 3 saturated heterocycles. The lowest BCUT2D eigenvalue weighted by Crippen LogP contribution is -2.43. The maximum Gasteiger partial charge on any atom is 0.223 e. The number of carbonyl (C=O) groups excluding carboxylic acids is 1. The van der Waals surface area contributed by atoms with Crippen LogP contribution in [-0.2, 0) is 16.1 Å². The highest BCUT2D eigenvalue weighted by molar-refractivity contribution is 5.78. The number of likely N-dealkylation sites (tertiary alicyclic amines) is 1. The Morgan fingerprint density at radius 1 is 1.22 bits per heavy atom. The first-order valence-corrected chi connectivity index (χ1v) is 10.9. The van der Waals surface area contributed by atoms with Gasteiger partial charge in [0.25, 0.3) is 0 Å². The predicted octanol–water partition coefficient (Wildman–Crippen LogP) is 2.06. The van der Waals surface area contributed by atoms with E-state index >= 15 is 0 Å². The van der Waals surface area contributed by atoms with Crippen molar-refractivity contribution in [2.45, 2.75) is 63.2 Å². The van der Waals surface area contributed by atoms with Crippen molar-refractivity contribution < 1.29 is 9.53 Å². The molecule has 3 aliphatic heterocycles. The zero-order valence-electron chi connectivity index (χ0n) is 16.2. The SMILES string of the molecule is O=C(NC[C@H]1[C@H]2CN(CCn3cccn3)C[C@]23CC[C@H]1O3)C1CCCCC1. The van der Waals surface area contributed by atoms with Gasteiger partial charge in [0, 0.05) is 56.3 Å². The van der Waals surface area contributed by atoms with Gasteiger partial charge in [0.2, 0.25) is 5.91 Å². The van der Waals surface area contributed by atoms with E-state index in [0.717, 1.165) is 52.0 Å². The van der Waals surface area contributed by atoms with Crippen LogP contribution in [0.25, 0.3) is 0 Å². The van der Waals surface area contributed by atoms with Crippen LogP contribution in [0.4, 0.5) is 0 Å². The number of aromatic nitrogens is 2. The highest BCUT2D eigenvalue weighted by Crippen LogP contribution is 2.54. The van der Waals surface area contributed by atoms with E-state index < -0.39 is 0 Å².